The summed E-state index contributed by atoms with van der Waals surface area (Å²) in [6.07, 6.45) is -1.59. The summed E-state index contributed by atoms with van der Waals surface area (Å²) in [4.78, 5) is 79.1. The quantitative estimate of drug-likeness (QED) is 0.0850. The van der Waals surface area contributed by atoms with Crippen LogP contribution in [0.15, 0.2) is 107 Å². The van der Waals surface area contributed by atoms with Crippen LogP contribution < -0.4 is 20.1 Å². The summed E-state index contributed by atoms with van der Waals surface area (Å²) in [5.74, 6) is -2.73. The summed E-state index contributed by atoms with van der Waals surface area (Å²) >= 11 is 2.47. The predicted molar refractivity (Wildman–Crippen MR) is 223 cm³/mol. The van der Waals surface area contributed by atoms with E-state index in [1.165, 1.54) is 59.5 Å². The topological polar surface area (TPSA) is 188 Å². The van der Waals surface area contributed by atoms with Crippen molar-refractivity contribution in [2.24, 2.45) is 11.8 Å². The smallest absolute Gasteiger partial charge is 0.412 e. The first kappa shape index (κ1) is 44.7. The molecule has 2 aliphatic heterocycles. The van der Waals surface area contributed by atoms with Crippen molar-refractivity contribution in [1.82, 2.24) is 20.7 Å². The normalized spacial score (nSPS) is 16.9. The number of nitrogens with zero attached hydrogens (tertiary/aromatic N) is 2. The number of rotatable bonds is 20. The zero-order valence-corrected chi connectivity index (χ0v) is 35.3. The van der Waals surface area contributed by atoms with Crippen LogP contribution in [0, 0.1) is 11.8 Å². The minimum atomic E-state index is -1.02. The fourth-order valence-corrected chi connectivity index (χ4v) is 10.1. The van der Waals surface area contributed by atoms with E-state index in [4.69, 9.17) is 28.4 Å². The maximum absolute atomic E-state index is 14.5. The van der Waals surface area contributed by atoms with Gasteiger partial charge in [-0.25, -0.2) is 29.2 Å². The van der Waals surface area contributed by atoms with Gasteiger partial charge in [0.25, 0.3) is 0 Å². The molecule has 0 aromatic heterocycles. The number of nitrogens with one attached hydrogen (secondary N) is 2. The van der Waals surface area contributed by atoms with Crippen LogP contribution in [0.5, 0.6) is 11.5 Å². The van der Waals surface area contributed by atoms with Crippen molar-refractivity contribution < 1.29 is 57.2 Å². The van der Waals surface area contributed by atoms with Gasteiger partial charge < -0.3 is 39.1 Å². The summed E-state index contributed by atoms with van der Waals surface area (Å²) in [6.45, 7) is 11.1. The van der Waals surface area contributed by atoms with Gasteiger partial charge in [-0.3, -0.25) is 9.59 Å². The van der Waals surface area contributed by atoms with Crippen LogP contribution in [-0.2, 0) is 51.2 Å². The number of carbonyl (C=O) groups is 6. The van der Waals surface area contributed by atoms with E-state index in [-0.39, 0.29) is 100 Å². The van der Waals surface area contributed by atoms with Crippen LogP contribution in [0.25, 0.3) is 0 Å². The zero-order valence-electron chi connectivity index (χ0n) is 33.7. The number of amides is 4. The van der Waals surface area contributed by atoms with Gasteiger partial charge in [0.1, 0.15) is 24.7 Å². The molecular weight excluding hydrogens is 829 g/mol. The maximum atomic E-state index is 14.5. The standard InChI is InChI=1S/C43H46N4O12S2/c1-27(2)39(50)56-23-21-54-19-17-44-41(52)58-31-15-16-32(59-42(53)45-18-20-55-22-24-57-40(51)28(3)4)36-35(31)60-43(61-36)33-34(43)38(49)47(26-30-13-9-6-10-14-30)46(37(33)48)25-29-11-7-5-8-12-29/h5-16,33-34H,1,3,17-26H2,2,4H3,(H,44,52)(H,45,53). The Morgan fingerprint density at radius 3 is 1.38 bits per heavy atom. The van der Waals surface area contributed by atoms with Crippen LogP contribution in [0.3, 0.4) is 0 Å². The van der Waals surface area contributed by atoms with Crippen LogP contribution in [0.1, 0.15) is 25.0 Å². The number of hydrazine groups is 1. The monoisotopic (exact) mass is 874 g/mol. The molecule has 61 heavy (non-hydrogen) atoms. The van der Waals surface area contributed by atoms with E-state index in [1.54, 1.807) is 0 Å². The van der Waals surface area contributed by atoms with Gasteiger partial charge in [0, 0.05) is 24.2 Å². The third kappa shape index (κ3) is 11.1. The van der Waals surface area contributed by atoms with Gasteiger partial charge in [-0.15, -0.1) is 23.5 Å². The molecule has 3 aliphatic rings. The Hall–Kier alpha value is -5.82. The van der Waals surface area contributed by atoms with E-state index in [1.807, 2.05) is 60.7 Å². The fraction of sp³-hybridized carbons (Fsp3) is 0.349. The number of esters is 2. The van der Waals surface area contributed by atoms with Crippen molar-refractivity contribution in [3.8, 4) is 11.5 Å². The average molecular weight is 875 g/mol. The van der Waals surface area contributed by atoms with E-state index in [9.17, 15) is 28.8 Å². The molecule has 0 bridgehead atoms. The lowest BCUT2D eigenvalue weighted by molar-refractivity contribution is -0.175. The average Bonchev–Trinajstić information content (AvgIpc) is 3.70. The third-order valence-electron chi connectivity index (χ3n) is 9.39. The predicted octanol–water partition coefficient (Wildman–Crippen LogP) is 5.26. The lowest BCUT2D eigenvalue weighted by Gasteiger charge is -2.38. The Labute approximate surface area is 361 Å². The number of ether oxygens (including phenoxy) is 6. The van der Waals surface area contributed by atoms with Crippen LogP contribution in [0.4, 0.5) is 9.59 Å². The minimum Gasteiger partial charge on any atom is -0.460 e. The fourth-order valence-electron chi connectivity index (χ4n) is 6.40. The summed E-state index contributed by atoms with van der Waals surface area (Å²) in [7, 11) is 0. The highest BCUT2D eigenvalue weighted by Crippen LogP contribution is 2.78. The van der Waals surface area contributed by atoms with Crippen molar-refractivity contribution in [3.63, 3.8) is 0 Å². The zero-order chi connectivity index (χ0) is 43.5. The summed E-state index contributed by atoms with van der Waals surface area (Å²) in [6, 6.07) is 21.8. The van der Waals surface area contributed by atoms with Gasteiger partial charge in [0.15, 0.2) is 0 Å². The molecule has 3 aromatic rings. The Kier molecular flexibility index (Phi) is 15.1. The highest BCUT2D eigenvalue weighted by Gasteiger charge is 2.79. The van der Waals surface area contributed by atoms with Crippen LogP contribution in [-0.4, -0.2) is 103 Å². The van der Waals surface area contributed by atoms with Crippen LogP contribution in [0.2, 0.25) is 0 Å². The summed E-state index contributed by atoms with van der Waals surface area (Å²) < 4.78 is 31.3. The SMILES string of the molecule is C=C(C)C(=O)OCCOCCNC(=O)Oc1ccc(OC(=O)NCCOCCOC(=O)C(=C)C)c2c1SC1(S2)C2C(=O)N(Cc3ccccc3)N(Cc3ccccc3)C(=O)C21. The molecule has 1 spiro atoms. The van der Waals surface area contributed by atoms with Crippen molar-refractivity contribution in [2.45, 2.75) is 40.8 Å². The van der Waals surface area contributed by atoms with Crippen molar-refractivity contribution in [2.75, 3.05) is 52.7 Å². The second-order valence-corrected chi connectivity index (χ2v) is 16.9. The maximum Gasteiger partial charge on any atom is 0.412 e. The van der Waals surface area contributed by atoms with E-state index >= 15 is 0 Å². The third-order valence-corrected chi connectivity index (χ3v) is 12.9. The largest absolute Gasteiger partial charge is 0.460 e. The number of fused-ring (bicyclic) bond motifs is 4. The summed E-state index contributed by atoms with van der Waals surface area (Å²) in [5.41, 5.74) is 2.24. The highest BCUT2D eigenvalue weighted by atomic mass is 32.2. The van der Waals surface area contributed by atoms with Crippen LogP contribution >= 0.6 is 23.5 Å². The second kappa shape index (κ2) is 20.6. The molecule has 18 heteroatoms. The molecule has 322 valence electrons. The van der Waals surface area contributed by atoms with Crippen molar-refractivity contribution in [3.05, 3.63) is 108 Å². The first-order valence-corrected chi connectivity index (χ1v) is 21.0. The lowest BCUT2D eigenvalue weighted by atomic mass is 10.1. The number of hydrogen-bond acceptors (Lipinski definition) is 14. The molecule has 6 rings (SSSR count). The Bertz CT molecular complexity index is 2000. The molecule has 4 amide bonds. The molecular formula is C43H46N4O12S2. The number of thioether (sulfide) groups is 2. The van der Waals surface area contributed by atoms with Crippen molar-refractivity contribution in [1.29, 1.82) is 0 Å². The lowest BCUT2D eigenvalue weighted by Crippen LogP contribution is -2.53. The van der Waals surface area contributed by atoms with Gasteiger partial charge in [0.05, 0.1) is 65.2 Å². The molecule has 1 saturated heterocycles. The number of carbonyl (C=O) groups excluding carboxylic acids is 6. The molecule has 16 nitrogen and oxygen atoms in total. The van der Waals surface area contributed by atoms with Gasteiger partial charge in [0.2, 0.25) is 11.8 Å². The van der Waals surface area contributed by atoms with E-state index in [0.717, 1.165) is 11.1 Å². The first-order chi connectivity index (χ1) is 29.4. The molecule has 1 aliphatic carbocycles. The van der Waals surface area contributed by atoms with E-state index in [2.05, 4.69) is 23.8 Å². The van der Waals surface area contributed by atoms with Gasteiger partial charge >= 0.3 is 24.1 Å². The molecule has 2 atom stereocenters. The summed E-state index contributed by atoms with van der Waals surface area (Å²) in [5, 5.41) is 8.26. The Morgan fingerprint density at radius 2 is 1.00 bits per heavy atom. The Balaban J connectivity index is 1.16. The van der Waals surface area contributed by atoms with E-state index < -0.39 is 40.0 Å². The molecule has 1 saturated carbocycles. The number of benzene rings is 3. The minimum absolute atomic E-state index is 0.0228. The Morgan fingerprint density at radius 1 is 0.607 bits per heavy atom. The van der Waals surface area contributed by atoms with Crippen molar-refractivity contribution >= 4 is 59.5 Å². The molecule has 2 unspecified atom stereocenters. The molecule has 2 N–H and O–H groups in total. The van der Waals surface area contributed by atoms with E-state index in [0.29, 0.717) is 9.79 Å². The van der Waals surface area contributed by atoms with Gasteiger partial charge in [-0.05, 0) is 37.1 Å². The van der Waals surface area contributed by atoms with Gasteiger partial charge in [-0.2, -0.15) is 0 Å². The molecule has 2 heterocycles. The first-order valence-electron chi connectivity index (χ1n) is 19.4. The molecule has 2 fully saturated rings. The number of hydrogen-bond donors (Lipinski definition) is 2. The van der Waals surface area contributed by atoms with Gasteiger partial charge in [-0.1, -0.05) is 73.8 Å². The second-order valence-electron chi connectivity index (χ2n) is 14.1. The highest BCUT2D eigenvalue weighted by molar-refractivity contribution is 8.21. The molecule has 3 aromatic carbocycles. The molecule has 0 radical (unpaired) electrons.